The third kappa shape index (κ3) is 4.64. The molecule has 1 heterocycles. The highest BCUT2D eigenvalue weighted by Gasteiger charge is 2.48. The molecule has 1 amide bonds. The molecule has 1 N–H and O–H groups in total. The smallest absolute Gasteiger partial charge is 0.318 e. The lowest BCUT2D eigenvalue weighted by Crippen LogP contribution is -2.49. The maximum Gasteiger partial charge on any atom is 0.318 e. The fraction of sp³-hybridized carbons (Fsp3) is 0.333. The Morgan fingerprint density at radius 2 is 1.43 bits per heavy atom. The van der Waals surface area contributed by atoms with E-state index < -0.39 is 23.0 Å². The van der Waals surface area contributed by atoms with Gasteiger partial charge in [0.2, 0.25) is 5.91 Å². The van der Waals surface area contributed by atoms with Gasteiger partial charge in [-0.05, 0) is 47.7 Å². The summed E-state index contributed by atoms with van der Waals surface area (Å²) in [6.07, 6.45) is 1.98. The molecule has 0 aromatic heterocycles. The van der Waals surface area contributed by atoms with Crippen LogP contribution in [-0.2, 0) is 21.4 Å². The van der Waals surface area contributed by atoms with Crippen LogP contribution in [0.4, 0.5) is 8.78 Å². The first-order chi connectivity index (χ1) is 17.9. The van der Waals surface area contributed by atoms with Crippen molar-refractivity contribution in [2.75, 3.05) is 32.7 Å². The molecule has 5 nitrogen and oxygen atoms in total. The Bertz CT molecular complexity index is 1270. The molecule has 0 unspecified atom stereocenters. The summed E-state index contributed by atoms with van der Waals surface area (Å²) in [7, 11) is 0. The van der Waals surface area contributed by atoms with E-state index in [2.05, 4.69) is 4.90 Å². The summed E-state index contributed by atoms with van der Waals surface area (Å²) in [5.41, 5.74) is 2.77. The van der Waals surface area contributed by atoms with Gasteiger partial charge in [0.15, 0.2) is 11.6 Å². The third-order valence-corrected chi connectivity index (χ3v) is 7.80. The first-order valence-electron chi connectivity index (χ1n) is 12.8. The van der Waals surface area contributed by atoms with Crippen LogP contribution in [0.3, 0.4) is 0 Å². The van der Waals surface area contributed by atoms with Crippen LogP contribution >= 0.6 is 0 Å². The molecule has 1 aliphatic carbocycles. The Labute approximate surface area is 215 Å². The van der Waals surface area contributed by atoms with Gasteiger partial charge in [-0.1, -0.05) is 67.1 Å². The molecular weight excluding hydrogens is 474 g/mol. The minimum atomic E-state index is -1.04. The van der Waals surface area contributed by atoms with E-state index in [4.69, 9.17) is 0 Å². The molecule has 3 aromatic carbocycles. The zero-order chi connectivity index (χ0) is 26.0. The number of hydrogen-bond acceptors (Lipinski definition) is 3. The molecular formula is C30H30F2N2O3. The van der Waals surface area contributed by atoms with E-state index in [0.29, 0.717) is 32.6 Å². The minimum Gasteiger partial charge on any atom is -0.480 e. The highest BCUT2D eigenvalue weighted by Crippen LogP contribution is 2.51. The van der Waals surface area contributed by atoms with Gasteiger partial charge in [0.05, 0.1) is 6.42 Å². The number of carbonyl (C=O) groups excluding carboxylic acids is 1. The van der Waals surface area contributed by atoms with E-state index in [1.165, 1.54) is 12.1 Å². The fourth-order valence-electron chi connectivity index (χ4n) is 5.84. The molecule has 7 heteroatoms. The highest BCUT2D eigenvalue weighted by molar-refractivity contribution is 5.97. The summed E-state index contributed by atoms with van der Waals surface area (Å²) in [5.74, 6) is -2.91. The lowest BCUT2D eigenvalue weighted by molar-refractivity contribution is -0.142. The molecule has 192 valence electrons. The lowest BCUT2D eigenvalue weighted by Gasteiger charge is -2.35. The number of carboxylic acids is 1. The van der Waals surface area contributed by atoms with Gasteiger partial charge in [-0.15, -0.1) is 0 Å². The first-order valence-corrected chi connectivity index (χ1v) is 12.8. The molecule has 3 aromatic rings. The fourth-order valence-corrected chi connectivity index (χ4v) is 5.84. The summed E-state index contributed by atoms with van der Waals surface area (Å²) in [6.45, 7) is 3.30. The standard InChI is InChI=1S/C30H30F2N2O3/c31-26-13-7-8-21(28(26)32)20-27(35)34-18-16-33(17-19-34)15-6-5-14-30(29(36)37)24-11-3-1-9-22(24)23-10-2-4-12-25(23)30/h1-4,7-13H,5-6,14-20H2,(H,36,37). The van der Waals surface area contributed by atoms with Crippen LogP contribution in [0.2, 0.25) is 0 Å². The summed E-state index contributed by atoms with van der Waals surface area (Å²) in [6, 6.07) is 19.5. The van der Waals surface area contributed by atoms with Crippen molar-refractivity contribution in [1.82, 2.24) is 9.80 Å². The second kappa shape index (κ2) is 10.4. The van der Waals surface area contributed by atoms with Gasteiger partial charge < -0.3 is 10.0 Å². The number of halogens is 2. The van der Waals surface area contributed by atoms with Crippen molar-refractivity contribution in [3.63, 3.8) is 0 Å². The Hall–Kier alpha value is -3.58. The Kier molecular flexibility index (Phi) is 7.07. The second-order valence-electron chi connectivity index (χ2n) is 9.87. The molecule has 1 aliphatic heterocycles. The average Bonchev–Trinajstić information content (AvgIpc) is 3.20. The molecule has 0 radical (unpaired) electrons. The maximum atomic E-state index is 13.9. The minimum absolute atomic E-state index is 0.0786. The number of aliphatic carboxylic acids is 1. The Morgan fingerprint density at radius 1 is 0.811 bits per heavy atom. The number of carboxylic acid groups (broad SMARTS) is 1. The summed E-state index contributed by atoms with van der Waals surface area (Å²) in [5, 5.41) is 10.4. The van der Waals surface area contributed by atoms with Gasteiger partial charge in [0.25, 0.3) is 0 Å². The van der Waals surface area contributed by atoms with E-state index in [9.17, 15) is 23.5 Å². The zero-order valence-corrected chi connectivity index (χ0v) is 20.6. The van der Waals surface area contributed by atoms with Gasteiger partial charge in [0.1, 0.15) is 5.41 Å². The van der Waals surface area contributed by atoms with E-state index in [-0.39, 0.29) is 17.9 Å². The first kappa shape index (κ1) is 25.1. The summed E-state index contributed by atoms with van der Waals surface area (Å²) >= 11 is 0. The zero-order valence-electron chi connectivity index (χ0n) is 20.6. The van der Waals surface area contributed by atoms with Crippen LogP contribution < -0.4 is 0 Å². The van der Waals surface area contributed by atoms with Crippen LogP contribution in [0.5, 0.6) is 0 Å². The average molecular weight is 505 g/mol. The Morgan fingerprint density at radius 3 is 2.05 bits per heavy atom. The number of piperazine rings is 1. The van der Waals surface area contributed by atoms with Crippen molar-refractivity contribution in [3.8, 4) is 11.1 Å². The van der Waals surface area contributed by atoms with Crippen molar-refractivity contribution in [1.29, 1.82) is 0 Å². The lowest BCUT2D eigenvalue weighted by atomic mass is 9.74. The molecule has 0 atom stereocenters. The van der Waals surface area contributed by atoms with Gasteiger partial charge in [-0.3, -0.25) is 14.5 Å². The molecule has 37 heavy (non-hydrogen) atoms. The van der Waals surface area contributed by atoms with Crippen LogP contribution in [0.15, 0.2) is 66.7 Å². The number of rotatable bonds is 8. The molecule has 0 spiro atoms. The quantitative estimate of drug-likeness (QED) is 0.445. The molecule has 0 bridgehead atoms. The topological polar surface area (TPSA) is 60.9 Å². The van der Waals surface area contributed by atoms with Crippen LogP contribution in [0.25, 0.3) is 11.1 Å². The predicted molar refractivity (Wildman–Crippen MR) is 137 cm³/mol. The summed E-state index contributed by atoms with van der Waals surface area (Å²) < 4.78 is 27.4. The van der Waals surface area contributed by atoms with Crippen molar-refractivity contribution in [2.45, 2.75) is 31.1 Å². The number of carbonyl (C=O) groups is 2. The number of nitrogens with zero attached hydrogens (tertiary/aromatic N) is 2. The van der Waals surface area contributed by atoms with Crippen molar-refractivity contribution >= 4 is 11.9 Å². The van der Waals surface area contributed by atoms with Crippen LogP contribution in [0.1, 0.15) is 36.0 Å². The molecule has 0 saturated carbocycles. The molecule has 5 rings (SSSR count). The monoisotopic (exact) mass is 504 g/mol. The van der Waals surface area contributed by atoms with Gasteiger partial charge in [-0.25, -0.2) is 8.78 Å². The molecule has 1 saturated heterocycles. The van der Waals surface area contributed by atoms with E-state index >= 15 is 0 Å². The normalized spacial score (nSPS) is 16.3. The predicted octanol–water partition coefficient (Wildman–Crippen LogP) is 4.87. The Balaban J connectivity index is 1.15. The number of benzene rings is 3. The van der Waals surface area contributed by atoms with Crippen LogP contribution in [0, 0.1) is 11.6 Å². The van der Waals surface area contributed by atoms with E-state index in [1.807, 2.05) is 48.5 Å². The largest absolute Gasteiger partial charge is 0.480 e. The summed E-state index contributed by atoms with van der Waals surface area (Å²) in [4.78, 5) is 29.3. The molecule has 1 fully saturated rings. The number of amides is 1. The SMILES string of the molecule is O=C(Cc1cccc(F)c1F)N1CCN(CCCCC2(C(=O)O)c3ccccc3-c3ccccc32)CC1. The number of unbranched alkanes of at least 4 members (excludes halogenated alkanes) is 1. The van der Waals surface area contributed by atoms with Crippen LogP contribution in [-0.4, -0.2) is 59.5 Å². The highest BCUT2D eigenvalue weighted by atomic mass is 19.2. The van der Waals surface area contributed by atoms with E-state index in [1.54, 1.807) is 4.90 Å². The maximum absolute atomic E-state index is 13.9. The second-order valence-corrected chi connectivity index (χ2v) is 9.87. The van der Waals surface area contributed by atoms with E-state index in [0.717, 1.165) is 47.7 Å². The third-order valence-electron chi connectivity index (χ3n) is 7.80. The van der Waals surface area contributed by atoms with Crippen molar-refractivity contribution in [3.05, 3.63) is 95.1 Å². The van der Waals surface area contributed by atoms with Gasteiger partial charge in [0, 0.05) is 31.7 Å². The number of hydrogen-bond donors (Lipinski definition) is 1. The van der Waals surface area contributed by atoms with Gasteiger partial charge >= 0.3 is 5.97 Å². The molecule has 2 aliphatic rings. The van der Waals surface area contributed by atoms with Crippen molar-refractivity contribution in [2.24, 2.45) is 0 Å². The number of fused-ring (bicyclic) bond motifs is 3. The van der Waals surface area contributed by atoms with Gasteiger partial charge in [-0.2, -0.15) is 0 Å². The van der Waals surface area contributed by atoms with Crippen molar-refractivity contribution < 1.29 is 23.5 Å².